The third kappa shape index (κ3) is 4.69. The smallest absolute Gasteiger partial charge is 0.232 e. The summed E-state index contributed by atoms with van der Waals surface area (Å²) in [6, 6.07) is 7.56. The summed E-state index contributed by atoms with van der Waals surface area (Å²) in [6.07, 6.45) is 3.83. The van der Waals surface area contributed by atoms with E-state index in [0.717, 1.165) is 32.9 Å². The molecule has 0 aliphatic carbocycles. The van der Waals surface area contributed by atoms with Crippen molar-refractivity contribution in [3.8, 4) is 5.75 Å². The topological polar surface area (TPSA) is 60.5 Å². The number of hydrogen-bond donors (Lipinski definition) is 1. The maximum atomic E-state index is 12.2. The minimum atomic E-state index is -0.0757. The third-order valence-electron chi connectivity index (χ3n) is 4.30. The van der Waals surface area contributed by atoms with Crippen LogP contribution in [0, 0.1) is 5.92 Å². The first kappa shape index (κ1) is 20.7. The summed E-state index contributed by atoms with van der Waals surface area (Å²) in [4.78, 5) is 17.9. The molecule has 28 heavy (non-hydrogen) atoms. The standard InChI is InChI=1S/C21H23ClN2O3S/c1-4-19(28-20(22)5-2)17-10-18(27-6-3)15-9-14(7-8-16(15)24-17)23-21(25)13-11-26-12-13/h4-5,7-10,13H,6,11-12H2,1-3H3,(H,23,25)/b19-4-,20-5-. The molecule has 5 nitrogen and oxygen atoms in total. The quantitative estimate of drug-likeness (QED) is 0.651. The van der Waals surface area contributed by atoms with Gasteiger partial charge in [-0.2, -0.15) is 0 Å². The molecule has 0 bridgehead atoms. The number of rotatable bonds is 7. The first-order chi connectivity index (χ1) is 13.5. The summed E-state index contributed by atoms with van der Waals surface area (Å²) >= 11 is 7.65. The van der Waals surface area contributed by atoms with Gasteiger partial charge >= 0.3 is 0 Å². The van der Waals surface area contributed by atoms with Gasteiger partial charge < -0.3 is 14.8 Å². The van der Waals surface area contributed by atoms with Crippen molar-refractivity contribution in [2.75, 3.05) is 25.1 Å². The number of allylic oxidation sites excluding steroid dienone is 2. The molecule has 2 aromatic rings. The summed E-state index contributed by atoms with van der Waals surface area (Å²) in [5.41, 5.74) is 2.31. The van der Waals surface area contributed by atoms with Crippen molar-refractivity contribution in [2.24, 2.45) is 5.92 Å². The molecule has 1 aromatic heterocycles. The van der Waals surface area contributed by atoms with Crippen LogP contribution in [0.25, 0.3) is 15.8 Å². The zero-order chi connectivity index (χ0) is 20.1. The van der Waals surface area contributed by atoms with E-state index in [4.69, 9.17) is 26.1 Å². The van der Waals surface area contributed by atoms with Gasteiger partial charge in [-0.25, -0.2) is 4.98 Å². The Kier molecular flexibility index (Phi) is 6.99. The van der Waals surface area contributed by atoms with E-state index in [1.807, 2.05) is 57.2 Å². The van der Waals surface area contributed by atoms with Gasteiger partial charge in [0.25, 0.3) is 0 Å². The van der Waals surface area contributed by atoms with Crippen molar-refractivity contribution in [1.29, 1.82) is 0 Å². The van der Waals surface area contributed by atoms with Crippen LogP contribution < -0.4 is 10.1 Å². The molecule has 1 aliphatic rings. The van der Waals surface area contributed by atoms with Crippen molar-refractivity contribution in [1.82, 2.24) is 4.98 Å². The largest absolute Gasteiger partial charge is 0.493 e. The van der Waals surface area contributed by atoms with Gasteiger partial charge in [0.2, 0.25) is 5.91 Å². The van der Waals surface area contributed by atoms with Crippen molar-refractivity contribution in [3.63, 3.8) is 0 Å². The number of aromatic nitrogens is 1. The molecule has 2 heterocycles. The molecule has 0 saturated carbocycles. The van der Waals surface area contributed by atoms with E-state index in [1.54, 1.807) is 0 Å². The van der Waals surface area contributed by atoms with Crippen LogP contribution in [0.1, 0.15) is 26.5 Å². The first-order valence-corrected chi connectivity index (χ1v) is 10.4. The van der Waals surface area contributed by atoms with Crippen LogP contribution in [0.15, 0.2) is 40.8 Å². The minimum Gasteiger partial charge on any atom is -0.493 e. The summed E-state index contributed by atoms with van der Waals surface area (Å²) in [6.45, 7) is 7.28. The molecular weight excluding hydrogens is 396 g/mol. The van der Waals surface area contributed by atoms with Crippen LogP contribution in [0.3, 0.4) is 0 Å². The molecule has 1 amide bonds. The number of anilines is 1. The van der Waals surface area contributed by atoms with Gasteiger partial charge in [-0.3, -0.25) is 4.79 Å². The van der Waals surface area contributed by atoms with Gasteiger partial charge in [-0.1, -0.05) is 35.5 Å². The van der Waals surface area contributed by atoms with Gasteiger partial charge in [0, 0.05) is 22.0 Å². The monoisotopic (exact) mass is 418 g/mol. The van der Waals surface area contributed by atoms with Crippen LogP contribution in [-0.2, 0) is 9.53 Å². The first-order valence-electron chi connectivity index (χ1n) is 9.18. The predicted molar refractivity (Wildman–Crippen MR) is 117 cm³/mol. The number of carbonyl (C=O) groups is 1. The maximum Gasteiger partial charge on any atom is 0.232 e. The van der Waals surface area contributed by atoms with E-state index < -0.39 is 0 Å². The average molecular weight is 419 g/mol. The molecule has 1 aromatic carbocycles. The lowest BCUT2D eigenvalue weighted by atomic mass is 10.1. The van der Waals surface area contributed by atoms with E-state index in [-0.39, 0.29) is 11.8 Å². The lowest BCUT2D eigenvalue weighted by molar-refractivity contribution is -0.133. The number of hydrogen-bond acceptors (Lipinski definition) is 5. The highest BCUT2D eigenvalue weighted by molar-refractivity contribution is 8.13. The third-order valence-corrected chi connectivity index (χ3v) is 5.84. The van der Waals surface area contributed by atoms with Gasteiger partial charge in [0.15, 0.2) is 0 Å². The summed E-state index contributed by atoms with van der Waals surface area (Å²) < 4.78 is 11.6. The number of benzene rings is 1. The van der Waals surface area contributed by atoms with Gasteiger partial charge in [-0.15, -0.1) is 0 Å². The molecule has 1 saturated heterocycles. The summed E-state index contributed by atoms with van der Waals surface area (Å²) in [7, 11) is 0. The van der Waals surface area contributed by atoms with Crippen molar-refractivity contribution < 1.29 is 14.3 Å². The Labute approximate surface area is 174 Å². The zero-order valence-corrected chi connectivity index (χ0v) is 17.7. The number of ether oxygens (including phenoxy) is 2. The fraction of sp³-hybridized carbons (Fsp3) is 0.333. The van der Waals surface area contributed by atoms with E-state index in [1.165, 1.54) is 11.8 Å². The number of amides is 1. The normalized spacial score (nSPS) is 15.4. The van der Waals surface area contributed by atoms with Crippen molar-refractivity contribution in [2.45, 2.75) is 20.8 Å². The second kappa shape index (κ2) is 9.45. The number of carbonyl (C=O) groups excluding carboxylic acids is 1. The van der Waals surface area contributed by atoms with Crippen LogP contribution >= 0.6 is 23.4 Å². The van der Waals surface area contributed by atoms with Crippen molar-refractivity contribution >= 4 is 50.8 Å². The van der Waals surface area contributed by atoms with Crippen LogP contribution in [0.2, 0.25) is 0 Å². The van der Waals surface area contributed by atoms with Gasteiger partial charge in [-0.05, 0) is 39.0 Å². The van der Waals surface area contributed by atoms with Gasteiger partial charge in [0.1, 0.15) is 5.75 Å². The van der Waals surface area contributed by atoms with Crippen LogP contribution in [-0.4, -0.2) is 30.7 Å². The SMILES string of the molecule is C/C=C(\S/C(Cl)=C\C)c1cc(OCC)c2cc(NC(=O)C3COC3)ccc2n1. The number of fused-ring (bicyclic) bond motifs is 1. The Morgan fingerprint density at radius 1 is 1.36 bits per heavy atom. The molecule has 1 fully saturated rings. The lowest BCUT2D eigenvalue weighted by Gasteiger charge is -2.24. The second-order valence-electron chi connectivity index (χ2n) is 6.24. The van der Waals surface area contributed by atoms with Gasteiger partial charge in [0.05, 0.1) is 41.3 Å². The molecule has 3 rings (SSSR count). The summed E-state index contributed by atoms with van der Waals surface area (Å²) in [5.74, 6) is 0.622. The summed E-state index contributed by atoms with van der Waals surface area (Å²) in [5, 5.41) is 3.80. The second-order valence-corrected chi connectivity index (χ2v) is 7.96. The highest BCUT2D eigenvalue weighted by Crippen LogP contribution is 2.38. The fourth-order valence-electron chi connectivity index (χ4n) is 2.73. The fourth-order valence-corrected chi connectivity index (χ4v) is 3.63. The predicted octanol–water partition coefficient (Wildman–Crippen LogP) is 5.41. The molecule has 7 heteroatoms. The Balaban J connectivity index is 1.96. The highest BCUT2D eigenvalue weighted by atomic mass is 35.5. The van der Waals surface area contributed by atoms with E-state index in [9.17, 15) is 4.79 Å². The average Bonchev–Trinajstić information content (AvgIpc) is 2.64. The zero-order valence-electron chi connectivity index (χ0n) is 16.1. The Morgan fingerprint density at radius 3 is 2.75 bits per heavy atom. The number of nitrogens with zero attached hydrogens (tertiary/aromatic N) is 1. The van der Waals surface area contributed by atoms with E-state index >= 15 is 0 Å². The number of thioether (sulfide) groups is 1. The molecule has 0 atom stereocenters. The Morgan fingerprint density at radius 2 is 2.14 bits per heavy atom. The molecule has 1 aliphatic heterocycles. The number of halogens is 1. The molecule has 0 spiro atoms. The van der Waals surface area contributed by atoms with Crippen LogP contribution in [0.5, 0.6) is 5.75 Å². The Hall–Kier alpha value is -2.02. The van der Waals surface area contributed by atoms with Crippen LogP contribution in [0.4, 0.5) is 5.69 Å². The minimum absolute atomic E-state index is 0.0262. The number of pyridine rings is 1. The molecular formula is C21H23ClN2O3S. The molecule has 1 N–H and O–H groups in total. The maximum absolute atomic E-state index is 12.2. The number of nitrogens with one attached hydrogen (secondary N) is 1. The van der Waals surface area contributed by atoms with E-state index in [2.05, 4.69) is 5.32 Å². The highest BCUT2D eigenvalue weighted by Gasteiger charge is 2.26. The lowest BCUT2D eigenvalue weighted by Crippen LogP contribution is -2.38. The van der Waals surface area contributed by atoms with E-state index in [0.29, 0.717) is 24.2 Å². The molecule has 148 valence electrons. The molecule has 0 radical (unpaired) electrons. The Bertz CT molecular complexity index is 939. The van der Waals surface area contributed by atoms with Crippen molar-refractivity contribution in [3.05, 3.63) is 46.5 Å². The molecule has 0 unspecified atom stereocenters.